The number of allylic oxidation sites excluding steroid dienone is 8. The van der Waals surface area contributed by atoms with Crippen LogP contribution in [0.3, 0.4) is 0 Å². The monoisotopic (exact) mass is 674 g/mol. The molecule has 4 aliphatic heterocycles. The summed E-state index contributed by atoms with van der Waals surface area (Å²) in [6.45, 7) is 17.9. The molecule has 0 amide bonds. The molecule has 1 aromatic heterocycles. The van der Waals surface area contributed by atoms with Crippen LogP contribution in [0.15, 0.2) is 97.6 Å². The van der Waals surface area contributed by atoms with E-state index >= 15 is 0 Å². The largest absolute Gasteiger partial charge is 2.00 e. The minimum absolute atomic E-state index is 0. The van der Waals surface area contributed by atoms with Crippen molar-refractivity contribution in [3.8, 4) is 0 Å². The SMILES string of the molecule is CCC(CC)C1=C2C=CC(=N2)C(C(CC)CC)=C2C=CC(=N2)C(C(CC)CC)=c2ccc([n-]2)=C(C(CC)CC)C2=NC1=C/C2=C\[O-].[Ni+2]. The van der Waals surface area contributed by atoms with Gasteiger partial charge in [-0.05, 0) is 122 Å². The second-order valence-corrected chi connectivity index (χ2v) is 12.9. The molecule has 1 aromatic rings. The third-order valence-electron chi connectivity index (χ3n) is 10.6. The molecule has 0 unspecified atom stereocenters. The number of fused-ring (bicyclic) bond motifs is 5. The number of aromatic nitrogens is 1. The van der Waals surface area contributed by atoms with Crippen LogP contribution >= 0.6 is 0 Å². The fourth-order valence-electron chi connectivity index (χ4n) is 7.82. The van der Waals surface area contributed by atoms with E-state index in [0.717, 1.165) is 114 Å². The summed E-state index contributed by atoms with van der Waals surface area (Å²) in [5.41, 5.74) is 10.9. The number of hydrogen-bond acceptors (Lipinski definition) is 4. The molecule has 5 rings (SSSR count). The molecule has 47 heavy (non-hydrogen) atoms. The van der Waals surface area contributed by atoms with E-state index in [0.29, 0.717) is 17.4 Å². The van der Waals surface area contributed by atoms with Crippen LogP contribution in [0.5, 0.6) is 0 Å². The molecular formula is C41H52N4NiO. The van der Waals surface area contributed by atoms with Gasteiger partial charge < -0.3 is 10.1 Å². The van der Waals surface area contributed by atoms with Crippen LogP contribution in [-0.4, -0.2) is 17.1 Å². The molecular weight excluding hydrogens is 623 g/mol. The van der Waals surface area contributed by atoms with Gasteiger partial charge in [0.15, 0.2) is 0 Å². The summed E-state index contributed by atoms with van der Waals surface area (Å²) in [6, 6.07) is 4.31. The van der Waals surface area contributed by atoms with E-state index in [4.69, 9.17) is 20.0 Å². The van der Waals surface area contributed by atoms with Crippen LogP contribution in [0.2, 0.25) is 0 Å². The van der Waals surface area contributed by atoms with E-state index in [2.05, 4.69) is 91.8 Å². The van der Waals surface area contributed by atoms with E-state index in [1.54, 1.807) is 0 Å². The van der Waals surface area contributed by atoms with E-state index in [9.17, 15) is 5.11 Å². The Labute approximate surface area is 292 Å². The number of hydrogen-bond donors (Lipinski definition) is 0. The molecule has 4 aliphatic rings. The molecule has 8 bridgehead atoms. The number of rotatable bonds is 12. The Morgan fingerprint density at radius 2 is 1.00 bits per heavy atom. The standard InChI is InChI=1S/C41H53N4O.Ni/c1-9-25(10-2)37-30-17-18-31(42-30)38(26(11-3)12-4)33-21-22-35(44-33)40(28(15-7)16-8)41-29(24-46)23-36(45-41)39(27(13-5)14-6)34-20-19-32(37)43-34;/h17-28H,9-16H2,1-8H3,(H-,42,43,44,45,46);/q-1;+2/p-1. The molecule has 0 atom stereocenters. The van der Waals surface area contributed by atoms with Gasteiger partial charge in [-0.1, -0.05) is 67.5 Å². The van der Waals surface area contributed by atoms with Crippen molar-refractivity contribution in [2.45, 2.75) is 107 Å². The quantitative estimate of drug-likeness (QED) is 0.168. The second kappa shape index (κ2) is 16.2. The zero-order valence-electron chi connectivity index (χ0n) is 29.6. The van der Waals surface area contributed by atoms with Crippen molar-refractivity contribution >= 4 is 28.3 Å². The van der Waals surface area contributed by atoms with Crippen molar-refractivity contribution < 1.29 is 21.6 Å². The first-order valence-corrected chi connectivity index (χ1v) is 18.0. The van der Waals surface area contributed by atoms with Crippen LogP contribution in [0.1, 0.15) is 107 Å². The molecule has 0 saturated carbocycles. The summed E-state index contributed by atoms with van der Waals surface area (Å²) in [5, 5.41) is 14.7. The fraction of sp³-hybridized carbons (Fsp3) is 0.488. The van der Waals surface area contributed by atoms with Crippen molar-refractivity contribution in [2.75, 3.05) is 0 Å². The van der Waals surface area contributed by atoms with Gasteiger partial charge in [0.25, 0.3) is 0 Å². The second-order valence-electron chi connectivity index (χ2n) is 12.9. The van der Waals surface area contributed by atoms with Gasteiger partial charge in [-0.15, -0.1) is 17.0 Å². The van der Waals surface area contributed by atoms with Crippen LogP contribution in [0, 0.1) is 23.7 Å². The zero-order chi connectivity index (χ0) is 33.0. The minimum Gasteiger partial charge on any atom is -0.877 e. The van der Waals surface area contributed by atoms with Gasteiger partial charge in [-0.25, -0.2) is 15.0 Å². The third-order valence-corrected chi connectivity index (χ3v) is 10.6. The molecule has 0 radical (unpaired) electrons. The Hall–Kier alpha value is -3.24. The normalized spacial score (nSPS) is 18.4. The number of aliphatic imine (C=N–C) groups is 3. The van der Waals surface area contributed by atoms with Crippen molar-refractivity contribution in [3.05, 3.63) is 93.3 Å². The number of nitrogens with zero attached hydrogens (tertiary/aromatic N) is 4. The molecule has 5 heterocycles. The van der Waals surface area contributed by atoms with Crippen molar-refractivity contribution in [3.63, 3.8) is 0 Å². The Bertz CT molecular complexity index is 1740. The summed E-state index contributed by atoms with van der Waals surface area (Å²) < 4.78 is 0. The maximum absolute atomic E-state index is 12.8. The van der Waals surface area contributed by atoms with Gasteiger partial charge in [0, 0.05) is 11.1 Å². The molecule has 5 nitrogen and oxygen atoms in total. The topological polar surface area (TPSA) is 74.2 Å². The predicted molar refractivity (Wildman–Crippen MR) is 193 cm³/mol. The third kappa shape index (κ3) is 6.86. The maximum atomic E-state index is 12.8. The summed E-state index contributed by atoms with van der Waals surface area (Å²) >= 11 is 0. The van der Waals surface area contributed by atoms with Gasteiger partial charge in [-0.3, -0.25) is 0 Å². The summed E-state index contributed by atoms with van der Waals surface area (Å²) in [7, 11) is 0. The van der Waals surface area contributed by atoms with Gasteiger partial charge >= 0.3 is 16.5 Å². The molecule has 0 aromatic carbocycles. The Kier molecular flexibility index (Phi) is 12.6. The first-order valence-electron chi connectivity index (χ1n) is 18.0. The summed E-state index contributed by atoms with van der Waals surface area (Å²) in [4.78, 5) is 21.5. The summed E-state index contributed by atoms with van der Waals surface area (Å²) in [6.07, 6.45) is 19.6. The van der Waals surface area contributed by atoms with Crippen LogP contribution in [-0.2, 0) is 16.5 Å². The Morgan fingerprint density at radius 3 is 1.51 bits per heavy atom. The average molecular weight is 676 g/mol. The van der Waals surface area contributed by atoms with Crippen molar-refractivity contribution in [1.29, 1.82) is 0 Å². The van der Waals surface area contributed by atoms with Crippen LogP contribution in [0.4, 0.5) is 0 Å². The maximum Gasteiger partial charge on any atom is 2.00 e. The van der Waals surface area contributed by atoms with E-state index in [1.807, 2.05) is 6.08 Å². The smallest absolute Gasteiger partial charge is 0.877 e. The van der Waals surface area contributed by atoms with E-state index in [-0.39, 0.29) is 28.3 Å². The van der Waals surface area contributed by atoms with E-state index in [1.165, 1.54) is 11.1 Å². The van der Waals surface area contributed by atoms with Crippen LogP contribution < -0.4 is 20.8 Å². The zero-order valence-corrected chi connectivity index (χ0v) is 30.6. The van der Waals surface area contributed by atoms with Gasteiger partial charge in [-0.2, -0.15) is 0 Å². The predicted octanol–water partition coefficient (Wildman–Crippen LogP) is 7.81. The Balaban J connectivity index is 0.00000500. The minimum atomic E-state index is 0. The molecule has 0 N–H and O–H groups in total. The van der Waals surface area contributed by atoms with Gasteiger partial charge in [0.1, 0.15) is 0 Å². The summed E-state index contributed by atoms with van der Waals surface area (Å²) in [5.74, 6) is 1.15. The fourth-order valence-corrected chi connectivity index (χ4v) is 7.82. The average Bonchev–Trinajstić information content (AvgIpc) is 3.91. The molecule has 0 saturated heterocycles. The van der Waals surface area contributed by atoms with Crippen molar-refractivity contribution in [2.24, 2.45) is 38.6 Å². The molecule has 6 heteroatoms. The first-order chi connectivity index (χ1) is 22.4. The molecule has 0 fully saturated rings. The molecule has 0 spiro atoms. The first kappa shape index (κ1) is 36.6. The van der Waals surface area contributed by atoms with Gasteiger partial charge in [0.2, 0.25) is 0 Å². The molecule has 252 valence electrons. The van der Waals surface area contributed by atoms with Crippen molar-refractivity contribution in [1.82, 2.24) is 4.98 Å². The van der Waals surface area contributed by atoms with Gasteiger partial charge in [0.05, 0.1) is 34.2 Å². The van der Waals surface area contributed by atoms with Crippen LogP contribution in [0.25, 0.3) is 11.1 Å². The Morgan fingerprint density at radius 1 is 0.574 bits per heavy atom. The van der Waals surface area contributed by atoms with E-state index < -0.39 is 0 Å². The molecule has 0 aliphatic carbocycles.